The lowest BCUT2D eigenvalue weighted by Gasteiger charge is -2.06. The van der Waals surface area contributed by atoms with E-state index in [-0.39, 0.29) is 16.7 Å². The second-order valence-electron chi connectivity index (χ2n) is 3.75. The van der Waals surface area contributed by atoms with E-state index in [9.17, 15) is 22.8 Å². The maximum absolute atomic E-state index is 12.5. The summed E-state index contributed by atoms with van der Waals surface area (Å²) in [5.74, 6) is -0.368. The number of nitrogens with one attached hydrogen (secondary N) is 1. The molecule has 0 aliphatic heterocycles. The molecule has 0 aliphatic rings. The van der Waals surface area contributed by atoms with E-state index in [0.717, 1.165) is 15.5 Å². The van der Waals surface area contributed by atoms with Gasteiger partial charge in [-0.3, -0.25) is 9.59 Å². The first-order valence-corrected chi connectivity index (χ1v) is 7.95. The average Bonchev–Trinajstić information content (AvgIpc) is 2.81. The number of ketones is 1. The quantitative estimate of drug-likeness (QED) is 0.485. The molecule has 2 aromatic rings. The Kier molecular flexibility index (Phi) is 4.89. The van der Waals surface area contributed by atoms with E-state index >= 15 is 0 Å². The van der Waals surface area contributed by atoms with Crippen LogP contribution in [-0.4, -0.2) is 21.5 Å². The van der Waals surface area contributed by atoms with Gasteiger partial charge < -0.3 is 4.98 Å². The maximum atomic E-state index is 12.5. The minimum absolute atomic E-state index is 0.114. The molecule has 0 fully saturated rings. The van der Waals surface area contributed by atoms with Crippen LogP contribution in [0.2, 0.25) is 0 Å². The van der Waals surface area contributed by atoms with Crippen LogP contribution in [0, 0.1) is 0 Å². The summed E-state index contributed by atoms with van der Waals surface area (Å²) < 4.78 is 38.3. The second kappa shape index (κ2) is 6.32. The summed E-state index contributed by atoms with van der Waals surface area (Å²) in [5, 5.41) is -0.237. The van der Waals surface area contributed by atoms with Gasteiger partial charge in [0.1, 0.15) is 0 Å². The number of hydrogen-bond acceptors (Lipinski definition) is 5. The minimum Gasteiger partial charge on any atom is -0.301 e. The van der Waals surface area contributed by atoms with Crippen molar-refractivity contribution < 1.29 is 18.0 Å². The molecule has 0 spiro atoms. The summed E-state index contributed by atoms with van der Waals surface area (Å²) in [5.41, 5.74) is -2.19. The van der Waals surface area contributed by atoms with Crippen LogP contribution in [0.1, 0.15) is 15.4 Å². The molecule has 0 atom stereocenters. The van der Waals surface area contributed by atoms with Crippen LogP contribution in [0.5, 0.6) is 0 Å². The monoisotopic (exact) mass is 398 g/mol. The van der Waals surface area contributed by atoms with Gasteiger partial charge in [0.15, 0.2) is 16.6 Å². The van der Waals surface area contributed by atoms with Crippen molar-refractivity contribution >= 4 is 44.8 Å². The molecule has 0 amide bonds. The highest BCUT2D eigenvalue weighted by Crippen LogP contribution is 2.28. The van der Waals surface area contributed by atoms with E-state index in [4.69, 9.17) is 0 Å². The van der Waals surface area contributed by atoms with Gasteiger partial charge in [-0.15, -0.1) is 11.3 Å². The topological polar surface area (TPSA) is 62.8 Å². The molecule has 21 heavy (non-hydrogen) atoms. The van der Waals surface area contributed by atoms with Crippen LogP contribution >= 0.6 is 39.0 Å². The zero-order valence-corrected chi connectivity index (χ0v) is 13.3. The number of carbonyl (C=O) groups is 1. The molecule has 2 aromatic heterocycles. The highest BCUT2D eigenvalue weighted by atomic mass is 79.9. The number of Topliss-reactive ketones (excluding diaryl/α,β-unsaturated/α-hetero) is 1. The Hall–Kier alpha value is -1.13. The van der Waals surface area contributed by atoms with Crippen molar-refractivity contribution in [1.29, 1.82) is 0 Å². The van der Waals surface area contributed by atoms with Gasteiger partial charge >= 0.3 is 6.18 Å². The van der Waals surface area contributed by atoms with Crippen LogP contribution in [0.15, 0.2) is 31.9 Å². The molecule has 0 bridgehead atoms. The zero-order valence-electron chi connectivity index (χ0n) is 10.0. The Morgan fingerprint density at radius 2 is 2.14 bits per heavy atom. The summed E-state index contributed by atoms with van der Waals surface area (Å²) in [4.78, 5) is 28.9. The number of thioether (sulfide) groups is 1. The summed E-state index contributed by atoms with van der Waals surface area (Å²) >= 11 is 5.19. The molecule has 0 aromatic carbocycles. The van der Waals surface area contributed by atoms with Crippen LogP contribution in [0.3, 0.4) is 0 Å². The third-order valence-electron chi connectivity index (χ3n) is 2.20. The van der Waals surface area contributed by atoms with Gasteiger partial charge in [-0.1, -0.05) is 11.8 Å². The standard InChI is InChI=1S/C11H6BrF3N2O2S2/c12-8-2-1-6(21-8)5(18)4-20-10-16-7(11(13,14)15)3-9(19)17-10/h1-3H,4H2,(H,16,17,19). The molecule has 4 nitrogen and oxygen atoms in total. The first-order chi connectivity index (χ1) is 9.75. The van der Waals surface area contributed by atoms with Gasteiger partial charge in [0, 0.05) is 6.07 Å². The van der Waals surface area contributed by atoms with Crippen molar-refractivity contribution in [2.75, 3.05) is 5.75 Å². The number of H-pyrrole nitrogens is 1. The second-order valence-corrected chi connectivity index (χ2v) is 7.18. The zero-order chi connectivity index (χ0) is 15.6. The molecule has 0 unspecified atom stereocenters. The first kappa shape index (κ1) is 16.2. The maximum Gasteiger partial charge on any atom is 0.433 e. The predicted molar refractivity (Wildman–Crippen MR) is 76.9 cm³/mol. The molecule has 0 saturated carbocycles. The van der Waals surface area contributed by atoms with Crippen molar-refractivity contribution in [2.45, 2.75) is 11.3 Å². The number of aromatic amines is 1. The van der Waals surface area contributed by atoms with E-state index in [1.807, 2.05) is 0 Å². The van der Waals surface area contributed by atoms with Crippen LogP contribution < -0.4 is 5.56 Å². The lowest BCUT2D eigenvalue weighted by Crippen LogP contribution is -2.17. The third-order valence-corrected chi connectivity index (χ3v) is 4.74. The molecule has 0 aliphatic carbocycles. The fourth-order valence-electron chi connectivity index (χ4n) is 1.32. The highest BCUT2D eigenvalue weighted by Gasteiger charge is 2.33. The number of carbonyl (C=O) groups excluding carboxylic acids is 1. The fourth-order valence-corrected chi connectivity index (χ4v) is 3.49. The molecular weight excluding hydrogens is 393 g/mol. The molecule has 2 heterocycles. The molecule has 112 valence electrons. The number of nitrogens with zero attached hydrogens (tertiary/aromatic N) is 1. The molecular formula is C11H6BrF3N2O2S2. The number of alkyl halides is 3. The van der Waals surface area contributed by atoms with Gasteiger partial charge in [0.2, 0.25) is 0 Å². The Morgan fingerprint density at radius 3 is 2.71 bits per heavy atom. The van der Waals surface area contributed by atoms with E-state index in [0.29, 0.717) is 10.9 Å². The van der Waals surface area contributed by atoms with Crippen LogP contribution in [-0.2, 0) is 6.18 Å². The Bertz CT molecular complexity index is 727. The lowest BCUT2D eigenvalue weighted by molar-refractivity contribution is -0.141. The van der Waals surface area contributed by atoms with Crippen LogP contribution in [0.25, 0.3) is 0 Å². The van der Waals surface area contributed by atoms with E-state index in [2.05, 4.69) is 25.9 Å². The highest BCUT2D eigenvalue weighted by molar-refractivity contribution is 9.11. The molecule has 2 rings (SSSR count). The summed E-state index contributed by atoms with van der Waals surface area (Å²) in [6.07, 6.45) is -4.70. The fraction of sp³-hybridized carbons (Fsp3) is 0.182. The normalized spacial score (nSPS) is 11.6. The number of hydrogen-bond donors (Lipinski definition) is 1. The number of aromatic nitrogens is 2. The van der Waals surface area contributed by atoms with E-state index in [1.54, 1.807) is 12.1 Å². The smallest absolute Gasteiger partial charge is 0.301 e. The van der Waals surface area contributed by atoms with Gasteiger partial charge in [-0.2, -0.15) is 13.2 Å². The van der Waals surface area contributed by atoms with Crippen molar-refractivity contribution in [3.8, 4) is 0 Å². The third kappa shape index (κ3) is 4.42. The summed E-state index contributed by atoms with van der Waals surface area (Å²) in [6, 6.07) is 3.69. The van der Waals surface area contributed by atoms with Crippen LogP contribution in [0.4, 0.5) is 13.2 Å². The molecule has 10 heteroatoms. The van der Waals surface area contributed by atoms with E-state index in [1.165, 1.54) is 11.3 Å². The van der Waals surface area contributed by atoms with Gasteiger partial charge in [0.25, 0.3) is 5.56 Å². The Balaban J connectivity index is 2.12. The number of thiophene rings is 1. The number of halogens is 4. The average molecular weight is 399 g/mol. The Morgan fingerprint density at radius 1 is 1.43 bits per heavy atom. The van der Waals surface area contributed by atoms with Crippen molar-refractivity contribution in [3.05, 3.63) is 42.9 Å². The lowest BCUT2D eigenvalue weighted by atomic mass is 10.4. The largest absolute Gasteiger partial charge is 0.433 e. The van der Waals surface area contributed by atoms with Crippen molar-refractivity contribution in [1.82, 2.24) is 9.97 Å². The SMILES string of the molecule is O=C(CSc1nc(C(F)(F)F)cc(=O)[nH]1)c1ccc(Br)s1. The minimum atomic E-state index is -4.70. The summed E-state index contributed by atoms with van der Waals surface area (Å²) in [7, 11) is 0. The molecule has 0 radical (unpaired) electrons. The van der Waals surface area contributed by atoms with Gasteiger partial charge in [-0.05, 0) is 28.1 Å². The van der Waals surface area contributed by atoms with Crippen molar-refractivity contribution in [3.63, 3.8) is 0 Å². The van der Waals surface area contributed by atoms with Gasteiger partial charge in [0.05, 0.1) is 14.4 Å². The molecule has 1 N–H and O–H groups in total. The number of rotatable bonds is 4. The van der Waals surface area contributed by atoms with E-state index < -0.39 is 17.4 Å². The first-order valence-electron chi connectivity index (χ1n) is 5.35. The Labute approximate surface area is 132 Å². The predicted octanol–water partition coefficient (Wildman–Crippen LogP) is 3.59. The van der Waals surface area contributed by atoms with Gasteiger partial charge in [-0.25, -0.2) is 4.98 Å². The summed E-state index contributed by atoms with van der Waals surface area (Å²) in [6.45, 7) is 0. The van der Waals surface area contributed by atoms with Crippen molar-refractivity contribution in [2.24, 2.45) is 0 Å². The molecule has 0 saturated heterocycles.